The number of pyridine rings is 1. The van der Waals surface area contributed by atoms with Crippen LogP contribution < -0.4 is 4.90 Å². The summed E-state index contributed by atoms with van der Waals surface area (Å²) in [4.78, 5) is 17.2. The minimum atomic E-state index is 0.569. The molecule has 15 heavy (non-hydrogen) atoms. The highest BCUT2D eigenvalue weighted by Gasteiger charge is 2.13. The first-order valence-corrected chi connectivity index (χ1v) is 5.57. The summed E-state index contributed by atoms with van der Waals surface area (Å²) in [6, 6.07) is 3.88. The average Bonchev–Trinajstić information content (AvgIpc) is 2.57. The van der Waals surface area contributed by atoms with Crippen LogP contribution in [-0.4, -0.2) is 24.4 Å². The Balaban J connectivity index is 2.22. The summed E-state index contributed by atoms with van der Waals surface area (Å²) < 4.78 is 0. The summed E-state index contributed by atoms with van der Waals surface area (Å²) in [6.07, 6.45) is 7.55. The average molecular weight is 204 g/mol. The maximum atomic E-state index is 10.9. The van der Waals surface area contributed by atoms with Gasteiger partial charge in [0, 0.05) is 19.3 Å². The molecular formula is C12H16N2O. The zero-order valence-corrected chi connectivity index (χ0v) is 8.85. The van der Waals surface area contributed by atoms with Gasteiger partial charge in [0.2, 0.25) is 0 Å². The third-order valence-electron chi connectivity index (χ3n) is 2.87. The molecule has 1 saturated heterocycles. The first-order chi connectivity index (χ1) is 7.42. The maximum absolute atomic E-state index is 10.9. The minimum absolute atomic E-state index is 0.569. The van der Waals surface area contributed by atoms with Crippen molar-refractivity contribution < 1.29 is 4.79 Å². The fourth-order valence-electron chi connectivity index (χ4n) is 2.08. The molecule has 2 heterocycles. The lowest BCUT2D eigenvalue weighted by atomic mass is 10.2. The van der Waals surface area contributed by atoms with Gasteiger partial charge >= 0.3 is 0 Å². The number of hydrogen-bond donors (Lipinski definition) is 0. The number of carbonyl (C=O) groups excluding carboxylic acids is 1. The summed E-state index contributed by atoms with van der Waals surface area (Å²) in [5.41, 5.74) is 1.56. The molecule has 0 N–H and O–H groups in total. The lowest BCUT2D eigenvalue weighted by Crippen LogP contribution is -2.25. The molecule has 1 aromatic heterocycles. The predicted octanol–water partition coefficient (Wildman–Crippen LogP) is 2.27. The molecule has 2 rings (SSSR count). The Bertz CT molecular complexity index is 330. The van der Waals surface area contributed by atoms with Gasteiger partial charge in [0.1, 0.15) is 5.69 Å². The van der Waals surface area contributed by atoms with Crippen molar-refractivity contribution in [1.29, 1.82) is 0 Å². The van der Waals surface area contributed by atoms with E-state index in [1.807, 2.05) is 12.1 Å². The highest BCUT2D eigenvalue weighted by Crippen LogP contribution is 2.20. The van der Waals surface area contributed by atoms with Crippen molar-refractivity contribution in [2.75, 3.05) is 18.0 Å². The lowest BCUT2D eigenvalue weighted by molar-refractivity contribution is 0.111. The van der Waals surface area contributed by atoms with Crippen molar-refractivity contribution in [3.63, 3.8) is 0 Å². The SMILES string of the molecule is O=Cc1ncccc1N1CCCCCC1. The van der Waals surface area contributed by atoms with Gasteiger partial charge < -0.3 is 4.90 Å². The smallest absolute Gasteiger partial charge is 0.170 e. The molecule has 0 atom stereocenters. The Kier molecular flexibility index (Phi) is 3.33. The number of aromatic nitrogens is 1. The van der Waals surface area contributed by atoms with E-state index >= 15 is 0 Å². The molecular weight excluding hydrogens is 188 g/mol. The molecule has 1 fully saturated rings. The van der Waals surface area contributed by atoms with E-state index in [9.17, 15) is 4.79 Å². The van der Waals surface area contributed by atoms with Gasteiger partial charge in [0.05, 0.1) is 5.69 Å². The zero-order valence-electron chi connectivity index (χ0n) is 8.85. The summed E-state index contributed by atoms with van der Waals surface area (Å²) >= 11 is 0. The number of anilines is 1. The van der Waals surface area contributed by atoms with Crippen LogP contribution in [0.15, 0.2) is 18.3 Å². The van der Waals surface area contributed by atoms with Gasteiger partial charge in [-0.05, 0) is 25.0 Å². The van der Waals surface area contributed by atoms with E-state index in [-0.39, 0.29) is 0 Å². The molecule has 0 spiro atoms. The van der Waals surface area contributed by atoms with Crippen LogP contribution in [-0.2, 0) is 0 Å². The molecule has 0 unspecified atom stereocenters. The Labute approximate surface area is 90.1 Å². The number of aldehydes is 1. The molecule has 3 heteroatoms. The molecule has 0 aliphatic carbocycles. The third-order valence-corrected chi connectivity index (χ3v) is 2.87. The van der Waals surface area contributed by atoms with Crippen molar-refractivity contribution in [2.24, 2.45) is 0 Å². The van der Waals surface area contributed by atoms with Crippen molar-refractivity contribution in [2.45, 2.75) is 25.7 Å². The van der Waals surface area contributed by atoms with Crippen LogP contribution in [0.3, 0.4) is 0 Å². The molecule has 0 amide bonds. The first kappa shape index (κ1) is 10.1. The van der Waals surface area contributed by atoms with E-state index in [1.54, 1.807) is 6.20 Å². The van der Waals surface area contributed by atoms with Gasteiger partial charge in [0.15, 0.2) is 6.29 Å². The molecule has 0 radical (unpaired) electrons. The molecule has 1 aromatic rings. The summed E-state index contributed by atoms with van der Waals surface area (Å²) in [5.74, 6) is 0. The fraction of sp³-hybridized carbons (Fsp3) is 0.500. The predicted molar refractivity (Wildman–Crippen MR) is 60.3 cm³/mol. The van der Waals surface area contributed by atoms with Crippen LogP contribution in [0, 0.1) is 0 Å². The van der Waals surface area contributed by atoms with E-state index in [0.717, 1.165) is 25.1 Å². The number of nitrogens with zero attached hydrogens (tertiary/aromatic N) is 2. The zero-order chi connectivity index (χ0) is 10.5. The van der Waals surface area contributed by atoms with Gasteiger partial charge in [-0.15, -0.1) is 0 Å². The highest BCUT2D eigenvalue weighted by atomic mass is 16.1. The van der Waals surface area contributed by atoms with Gasteiger partial charge in [-0.1, -0.05) is 12.8 Å². The fourth-order valence-corrected chi connectivity index (χ4v) is 2.08. The largest absolute Gasteiger partial charge is 0.370 e. The number of carbonyl (C=O) groups is 1. The molecule has 3 nitrogen and oxygen atoms in total. The number of hydrogen-bond acceptors (Lipinski definition) is 3. The molecule has 1 aliphatic rings. The quantitative estimate of drug-likeness (QED) is 0.693. The van der Waals surface area contributed by atoms with Crippen LogP contribution in [0.1, 0.15) is 36.2 Å². The van der Waals surface area contributed by atoms with Gasteiger partial charge in [-0.2, -0.15) is 0 Å². The van der Waals surface area contributed by atoms with Crippen LogP contribution >= 0.6 is 0 Å². The number of rotatable bonds is 2. The highest BCUT2D eigenvalue weighted by molar-refractivity contribution is 5.81. The van der Waals surface area contributed by atoms with Crippen molar-refractivity contribution >= 4 is 12.0 Å². The van der Waals surface area contributed by atoms with Crippen LogP contribution in [0.5, 0.6) is 0 Å². The second kappa shape index (κ2) is 4.91. The second-order valence-corrected chi connectivity index (χ2v) is 3.93. The topological polar surface area (TPSA) is 33.2 Å². The monoisotopic (exact) mass is 204 g/mol. The normalized spacial score (nSPS) is 17.2. The summed E-state index contributed by atoms with van der Waals surface area (Å²) in [5, 5.41) is 0. The van der Waals surface area contributed by atoms with Crippen molar-refractivity contribution in [3.05, 3.63) is 24.0 Å². The van der Waals surface area contributed by atoms with Gasteiger partial charge in [0.25, 0.3) is 0 Å². The third kappa shape index (κ3) is 2.35. The first-order valence-electron chi connectivity index (χ1n) is 5.57. The molecule has 80 valence electrons. The van der Waals surface area contributed by atoms with E-state index in [2.05, 4.69) is 9.88 Å². The summed E-state index contributed by atoms with van der Waals surface area (Å²) in [6.45, 7) is 2.10. The Morgan fingerprint density at radius 3 is 2.60 bits per heavy atom. The standard InChI is InChI=1S/C12H16N2O/c15-10-11-12(6-5-7-13-11)14-8-3-1-2-4-9-14/h5-7,10H,1-4,8-9H2. The Morgan fingerprint density at radius 1 is 1.20 bits per heavy atom. The Morgan fingerprint density at radius 2 is 1.93 bits per heavy atom. The molecule has 0 saturated carbocycles. The van der Waals surface area contributed by atoms with E-state index in [4.69, 9.17) is 0 Å². The van der Waals surface area contributed by atoms with E-state index in [0.29, 0.717) is 5.69 Å². The van der Waals surface area contributed by atoms with Gasteiger partial charge in [-0.25, -0.2) is 0 Å². The van der Waals surface area contributed by atoms with E-state index < -0.39 is 0 Å². The second-order valence-electron chi connectivity index (χ2n) is 3.93. The maximum Gasteiger partial charge on any atom is 0.170 e. The molecule has 1 aliphatic heterocycles. The van der Waals surface area contributed by atoms with Gasteiger partial charge in [-0.3, -0.25) is 9.78 Å². The van der Waals surface area contributed by atoms with Crippen LogP contribution in [0.25, 0.3) is 0 Å². The van der Waals surface area contributed by atoms with Crippen molar-refractivity contribution in [1.82, 2.24) is 4.98 Å². The molecule has 0 aromatic carbocycles. The minimum Gasteiger partial charge on any atom is -0.370 e. The Hall–Kier alpha value is -1.38. The van der Waals surface area contributed by atoms with Crippen LogP contribution in [0.4, 0.5) is 5.69 Å². The van der Waals surface area contributed by atoms with Crippen LogP contribution in [0.2, 0.25) is 0 Å². The summed E-state index contributed by atoms with van der Waals surface area (Å²) in [7, 11) is 0. The van der Waals surface area contributed by atoms with Crippen molar-refractivity contribution in [3.8, 4) is 0 Å². The lowest BCUT2D eigenvalue weighted by Gasteiger charge is -2.23. The van der Waals surface area contributed by atoms with E-state index in [1.165, 1.54) is 25.7 Å². The molecule has 0 bridgehead atoms.